The summed E-state index contributed by atoms with van der Waals surface area (Å²) in [5.41, 5.74) is -7.76. The molecule has 248 valence electrons. The molecule has 1 saturated heterocycles. The Morgan fingerprint density at radius 1 is 0.956 bits per heavy atom. The summed E-state index contributed by atoms with van der Waals surface area (Å²) < 4.78 is 134. The van der Waals surface area contributed by atoms with Crippen LogP contribution >= 0.6 is 0 Å². The van der Waals surface area contributed by atoms with E-state index in [0.717, 1.165) is 61.9 Å². The number of benzene rings is 2. The van der Waals surface area contributed by atoms with Crippen molar-refractivity contribution in [3.8, 4) is 0 Å². The van der Waals surface area contributed by atoms with Crippen LogP contribution in [0.3, 0.4) is 0 Å². The summed E-state index contributed by atoms with van der Waals surface area (Å²) in [4.78, 5) is 22.8. The minimum atomic E-state index is -6.33. The predicted octanol–water partition coefficient (Wildman–Crippen LogP) is 6.86. The van der Waals surface area contributed by atoms with Crippen molar-refractivity contribution in [2.45, 2.75) is 85.6 Å². The molecule has 2 aromatic rings. The van der Waals surface area contributed by atoms with Gasteiger partial charge in [0.1, 0.15) is 10.6 Å². The summed E-state index contributed by atoms with van der Waals surface area (Å²) in [6.45, 7) is 2.13. The van der Waals surface area contributed by atoms with Crippen LogP contribution in [0.5, 0.6) is 0 Å². The number of aryl methyl sites for hydroxylation is 1. The molecule has 6 nitrogen and oxygen atoms in total. The molecule has 1 heterocycles. The first-order valence-corrected chi connectivity index (χ1v) is 15.7. The summed E-state index contributed by atoms with van der Waals surface area (Å²) in [5.74, 6) is -0.785. The SMILES string of the molecule is CC1CCC(C(=O)O)CC1.O=CN1CCC2(S(=O)(=O)c3cccc(F)c3)c3ccc(C(F)(C(F)(F)F)C(F)(F)F)cc3CCC12. The van der Waals surface area contributed by atoms with E-state index >= 15 is 0 Å². The maximum atomic E-state index is 14.7. The van der Waals surface area contributed by atoms with Gasteiger partial charge >= 0.3 is 24.0 Å². The highest BCUT2D eigenvalue weighted by molar-refractivity contribution is 7.92. The Morgan fingerprint density at radius 2 is 1.58 bits per heavy atom. The van der Waals surface area contributed by atoms with Crippen molar-refractivity contribution in [1.82, 2.24) is 4.90 Å². The predicted molar refractivity (Wildman–Crippen MR) is 145 cm³/mol. The third-order valence-corrected chi connectivity index (χ3v) is 11.7. The zero-order valence-corrected chi connectivity index (χ0v) is 24.8. The van der Waals surface area contributed by atoms with E-state index in [2.05, 4.69) is 6.92 Å². The van der Waals surface area contributed by atoms with E-state index in [1.54, 1.807) is 0 Å². The van der Waals surface area contributed by atoms with Gasteiger partial charge in [-0.15, -0.1) is 0 Å². The number of carboxylic acid groups (broad SMARTS) is 1. The highest BCUT2D eigenvalue weighted by atomic mass is 32.2. The molecule has 1 aliphatic heterocycles. The fraction of sp³-hybridized carbons (Fsp3) is 0.533. The molecular weight excluding hydrogens is 638 g/mol. The molecule has 45 heavy (non-hydrogen) atoms. The van der Waals surface area contributed by atoms with Gasteiger partial charge in [-0.1, -0.05) is 31.2 Å². The highest BCUT2D eigenvalue weighted by Gasteiger charge is 2.73. The van der Waals surface area contributed by atoms with Gasteiger partial charge < -0.3 is 10.0 Å². The summed E-state index contributed by atoms with van der Waals surface area (Å²) in [5, 5.41) is 8.62. The molecule has 15 heteroatoms. The number of hydrogen-bond acceptors (Lipinski definition) is 4. The van der Waals surface area contributed by atoms with Crippen molar-refractivity contribution in [2.24, 2.45) is 11.8 Å². The van der Waals surface area contributed by atoms with Crippen molar-refractivity contribution in [1.29, 1.82) is 0 Å². The number of sulfone groups is 1. The van der Waals surface area contributed by atoms with Crippen LogP contribution in [0.25, 0.3) is 0 Å². The second-order valence-electron chi connectivity index (χ2n) is 11.8. The third kappa shape index (κ3) is 5.92. The van der Waals surface area contributed by atoms with Gasteiger partial charge in [-0.25, -0.2) is 17.2 Å². The number of carbonyl (C=O) groups excluding carboxylic acids is 1. The first-order chi connectivity index (χ1) is 20.8. The lowest BCUT2D eigenvalue weighted by Crippen LogP contribution is -2.52. The maximum absolute atomic E-state index is 14.7. The molecule has 2 unspecified atom stereocenters. The molecule has 0 aromatic heterocycles. The van der Waals surface area contributed by atoms with Crippen molar-refractivity contribution >= 4 is 22.2 Å². The van der Waals surface area contributed by atoms with Gasteiger partial charge in [0.25, 0.3) is 0 Å². The first-order valence-electron chi connectivity index (χ1n) is 14.2. The Hall–Kier alpha value is -3.23. The second kappa shape index (κ2) is 12.2. The first kappa shape index (κ1) is 34.6. The van der Waals surface area contributed by atoms with Crippen LogP contribution in [0.15, 0.2) is 47.4 Å². The number of halogens is 8. The van der Waals surface area contributed by atoms with Crippen LogP contribution in [-0.4, -0.2) is 55.7 Å². The van der Waals surface area contributed by atoms with Crippen molar-refractivity contribution < 1.29 is 58.2 Å². The van der Waals surface area contributed by atoms with Crippen LogP contribution in [0.2, 0.25) is 0 Å². The number of hydrogen-bond donors (Lipinski definition) is 1. The number of rotatable bonds is 5. The van der Waals surface area contributed by atoms with E-state index in [1.807, 2.05) is 0 Å². The molecule has 0 radical (unpaired) electrons. The van der Waals surface area contributed by atoms with Gasteiger partial charge in [0.15, 0.2) is 9.84 Å². The Kier molecular flexibility index (Phi) is 9.37. The lowest BCUT2D eigenvalue weighted by molar-refractivity contribution is -0.348. The Balaban J connectivity index is 0.000000392. The number of nitrogens with zero attached hydrogens (tertiary/aromatic N) is 1. The molecule has 2 aliphatic carbocycles. The third-order valence-electron chi connectivity index (χ3n) is 9.19. The lowest BCUT2D eigenvalue weighted by atomic mass is 9.77. The number of fused-ring (bicyclic) bond motifs is 3. The Morgan fingerprint density at radius 3 is 2.11 bits per heavy atom. The van der Waals surface area contributed by atoms with Gasteiger partial charge in [0.2, 0.25) is 6.41 Å². The summed E-state index contributed by atoms with van der Waals surface area (Å²) in [7, 11) is -4.52. The zero-order chi connectivity index (χ0) is 33.6. The average molecular weight is 670 g/mol. The van der Waals surface area contributed by atoms with E-state index in [9.17, 15) is 53.1 Å². The summed E-state index contributed by atoms with van der Waals surface area (Å²) in [6.07, 6.45) is -8.85. The van der Waals surface area contributed by atoms with E-state index < -0.39 is 60.9 Å². The summed E-state index contributed by atoms with van der Waals surface area (Å²) in [6, 6.07) is 4.38. The monoisotopic (exact) mass is 669 g/mol. The average Bonchev–Trinajstić information content (AvgIpc) is 3.36. The fourth-order valence-electron chi connectivity index (χ4n) is 6.74. The number of amides is 1. The van der Waals surface area contributed by atoms with E-state index in [1.165, 1.54) is 4.90 Å². The summed E-state index contributed by atoms with van der Waals surface area (Å²) >= 11 is 0. The number of alkyl halides is 7. The zero-order valence-electron chi connectivity index (χ0n) is 24.0. The molecule has 1 saturated carbocycles. The van der Waals surface area contributed by atoms with Crippen molar-refractivity contribution in [2.75, 3.05) is 6.54 Å². The highest BCUT2D eigenvalue weighted by Crippen LogP contribution is 2.56. The van der Waals surface area contributed by atoms with Gasteiger partial charge in [0.05, 0.1) is 16.9 Å². The molecule has 0 bridgehead atoms. The molecular formula is C30H31F8NO5S. The Bertz CT molecular complexity index is 1520. The molecule has 2 fully saturated rings. The second-order valence-corrected chi connectivity index (χ2v) is 14.0. The molecule has 0 spiro atoms. The minimum Gasteiger partial charge on any atom is -0.481 e. The van der Waals surface area contributed by atoms with Crippen LogP contribution in [0, 0.1) is 17.7 Å². The van der Waals surface area contributed by atoms with E-state index in [4.69, 9.17) is 5.11 Å². The Labute approximate surface area is 254 Å². The largest absolute Gasteiger partial charge is 0.481 e. The topological polar surface area (TPSA) is 91.8 Å². The van der Waals surface area contributed by atoms with E-state index in [-0.39, 0.29) is 48.9 Å². The molecule has 2 atom stereocenters. The number of likely N-dealkylation sites (tertiary alicyclic amines) is 1. The normalized spacial score (nSPS) is 25.4. The minimum absolute atomic E-state index is 0.0452. The van der Waals surface area contributed by atoms with Gasteiger partial charge in [-0.3, -0.25) is 9.59 Å². The molecule has 2 aromatic carbocycles. The molecule has 1 amide bonds. The smallest absolute Gasteiger partial charge is 0.435 e. The molecule has 3 aliphatic rings. The van der Waals surface area contributed by atoms with Crippen LogP contribution in [0.1, 0.15) is 62.1 Å². The van der Waals surface area contributed by atoms with Crippen molar-refractivity contribution in [3.63, 3.8) is 0 Å². The number of carbonyl (C=O) groups is 2. The van der Waals surface area contributed by atoms with Crippen LogP contribution < -0.4 is 0 Å². The standard InChI is InChI=1S/C22H17F8NO3S.C8H14O2/c23-15-2-1-3-16(11-15)35(33,34)19-8-9-31(12-32)18(19)7-4-13-10-14(5-6-17(13)19)20(24,21(25,26)27)22(28,29)30;1-6-2-4-7(5-3-6)8(9)10/h1-3,5-6,10-12,18H,4,7-9H2;6-7H,2-5H2,1H3,(H,9,10). The van der Waals surface area contributed by atoms with Gasteiger partial charge in [-0.05, 0) is 80.2 Å². The number of carboxylic acids is 1. The quantitative estimate of drug-likeness (QED) is 0.278. The fourth-order valence-corrected chi connectivity index (χ4v) is 9.15. The molecule has 5 rings (SSSR count). The van der Waals surface area contributed by atoms with Gasteiger partial charge in [-0.2, -0.15) is 26.3 Å². The number of aliphatic carboxylic acids is 1. The van der Waals surface area contributed by atoms with Crippen LogP contribution in [-0.2, 0) is 36.3 Å². The lowest BCUT2D eigenvalue weighted by Gasteiger charge is -2.42. The van der Waals surface area contributed by atoms with E-state index in [0.29, 0.717) is 12.5 Å². The van der Waals surface area contributed by atoms with Crippen molar-refractivity contribution in [3.05, 3.63) is 65.0 Å². The maximum Gasteiger partial charge on any atom is 0.435 e. The van der Waals surface area contributed by atoms with Gasteiger partial charge in [0, 0.05) is 12.1 Å². The van der Waals surface area contributed by atoms with Crippen LogP contribution in [0.4, 0.5) is 35.1 Å². The molecule has 1 N–H and O–H groups in total.